The predicted octanol–water partition coefficient (Wildman–Crippen LogP) is 2.11. The van der Waals surface area contributed by atoms with E-state index in [2.05, 4.69) is 10.1 Å². The third-order valence-electron chi connectivity index (χ3n) is 3.87. The SMILES string of the molecule is OC1CCOCC1c1nc(CSC2CCCC2)no1. The van der Waals surface area contributed by atoms with Gasteiger partial charge in [0.1, 0.15) is 0 Å². The first-order valence-corrected chi connectivity index (χ1v) is 8.07. The molecule has 1 saturated heterocycles. The van der Waals surface area contributed by atoms with Crippen LogP contribution in [0.1, 0.15) is 49.7 Å². The Morgan fingerprint density at radius 3 is 2.89 bits per heavy atom. The molecule has 0 amide bonds. The molecule has 1 aromatic rings. The van der Waals surface area contributed by atoms with Gasteiger partial charge in [-0.15, -0.1) is 0 Å². The second-order valence-corrected chi connectivity index (χ2v) is 6.59. The number of hydrogen-bond donors (Lipinski definition) is 1. The summed E-state index contributed by atoms with van der Waals surface area (Å²) in [4.78, 5) is 4.41. The zero-order valence-corrected chi connectivity index (χ0v) is 11.8. The number of rotatable bonds is 4. The van der Waals surface area contributed by atoms with Crippen LogP contribution < -0.4 is 0 Å². The molecule has 1 saturated carbocycles. The van der Waals surface area contributed by atoms with Gasteiger partial charge in [0.15, 0.2) is 5.82 Å². The minimum Gasteiger partial charge on any atom is -0.392 e. The van der Waals surface area contributed by atoms with Gasteiger partial charge in [0.05, 0.1) is 24.4 Å². The summed E-state index contributed by atoms with van der Waals surface area (Å²) in [5.74, 6) is 1.91. The first-order chi connectivity index (χ1) is 9.33. The lowest BCUT2D eigenvalue weighted by molar-refractivity contribution is -0.0149. The fourth-order valence-corrected chi connectivity index (χ4v) is 3.86. The van der Waals surface area contributed by atoms with Crippen LogP contribution in [0.3, 0.4) is 0 Å². The molecule has 106 valence electrons. The zero-order chi connectivity index (χ0) is 13.1. The maximum absolute atomic E-state index is 9.92. The molecule has 2 heterocycles. The molecule has 19 heavy (non-hydrogen) atoms. The van der Waals surface area contributed by atoms with Crippen LogP contribution in [0.25, 0.3) is 0 Å². The molecule has 2 fully saturated rings. The van der Waals surface area contributed by atoms with Crippen LogP contribution in [0.15, 0.2) is 4.52 Å². The van der Waals surface area contributed by atoms with Crippen LogP contribution in [0, 0.1) is 0 Å². The minimum atomic E-state index is -0.426. The number of nitrogens with zero attached hydrogens (tertiary/aromatic N) is 2. The second kappa shape index (κ2) is 6.24. The van der Waals surface area contributed by atoms with E-state index in [9.17, 15) is 5.11 Å². The quantitative estimate of drug-likeness (QED) is 0.913. The summed E-state index contributed by atoms with van der Waals surface area (Å²) in [5, 5.41) is 14.7. The van der Waals surface area contributed by atoms with Crippen molar-refractivity contribution in [2.75, 3.05) is 13.2 Å². The van der Waals surface area contributed by atoms with Crippen LogP contribution >= 0.6 is 11.8 Å². The van der Waals surface area contributed by atoms with Crippen molar-refractivity contribution in [1.29, 1.82) is 0 Å². The van der Waals surface area contributed by atoms with Crippen molar-refractivity contribution >= 4 is 11.8 Å². The highest BCUT2D eigenvalue weighted by molar-refractivity contribution is 7.99. The molecular weight excluding hydrogens is 264 g/mol. The smallest absolute Gasteiger partial charge is 0.234 e. The van der Waals surface area contributed by atoms with Crippen LogP contribution in [0.4, 0.5) is 0 Å². The van der Waals surface area contributed by atoms with Gasteiger partial charge in [-0.2, -0.15) is 16.7 Å². The molecule has 0 radical (unpaired) electrons. The van der Waals surface area contributed by atoms with Crippen molar-refractivity contribution in [3.05, 3.63) is 11.7 Å². The average Bonchev–Trinajstić information content (AvgIpc) is 3.08. The highest BCUT2D eigenvalue weighted by Gasteiger charge is 2.30. The zero-order valence-electron chi connectivity index (χ0n) is 11.0. The largest absolute Gasteiger partial charge is 0.392 e. The molecule has 2 aliphatic rings. The van der Waals surface area contributed by atoms with Crippen molar-refractivity contribution in [2.45, 2.75) is 55.1 Å². The highest BCUT2D eigenvalue weighted by Crippen LogP contribution is 2.31. The first-order valence-electron chi connectivity index (χ1n) is 7.03. The Morgan fingerprint density at radius 2 is 2.11 bits per heavy atom. The van der Waals surface area contributed by atoms with Crippen molar-refractivity contribution in [3.63, 3.8) is 0 Å². The van der Waals surface area contributed by atoms with Gasteiger partial charge in [-0.3, -0.25) is 0 Å². The summed E-state index contributed by atoms with van der Waals surface area (Å²) in [6.45, 7) is 1.08. The van der Waals surface area contributed by atoms with Gasteiger partial charge < -0.3 is 14.4 Å². The fraction of sp³-hybridized carbons (Fsp3) is 0.846. The van der Waals surface area contributed by atoms with E-state index in [1.807, 2.05) is 11.8 Å². The molecular formula is C13H20N2O3S. The number of aromatic nitrogens is 2. The number of ether oxygens (including phenoxy) is 1. The molecule has 5 nitrogen and oxygen atoms in total. The fourth-order valence-electron chi connectivity index (χ4n) is 2.69. The Morgan fingerprint density at radius 1 is 1.26 bits per heavy atom. The highest BCUT2D eigenvalue weighted by atomic mass is 32.2. The topological polar surface area (TPSA) is 68.4 Å². The Hall–Kier alpha value is -0.590. The van der Waals surface area contributed by atoms with Gasteiger partial charge in [-0.25, -0.2) is 0 Å². The molecule has 1 aliphatic carbocycles. The Kier molecular flexibility index (Phi) is 4.40. The average molecular weight is 284 g/mol. The van der Waals surface area contributed by atoms with E-state index in [4.69, 9.17) is 9.26 Å². The van der Waals surface area contributed by atoms with Crippen molar-refractivity contribution in [1.82, 2.24) is 10.1 Å². The Balaban J connectivity index is 1.56. The lowest BCUT2D eigenvalue weighted by Gasteiger charge is -2.24. The monoisotopic (exact) mass is 284 g/mol. The van der Waals surface area contributed by atoms with Crippen LogP contribution in [-0.4, -0.2) is 39.8 Å². The first kappa shape index (κ1) is 13.4. The Bertz CT molecular complexity index is 406. The van der Waals surface area contributed by atoms with Gasteiger partial charge in [0, 0.05) is 11.9 Å². The minimum absolute atomic E-state index is 0.161. The molecule has 0 spiro atoms. The van der Waals surface area contributed by atoms with E-state index >= 15 is 0 Å². The van der Waals surface area contributed by atoms with Crippen molar-refractivity contribution < 1.29 is 14.4 Å². The third-order valence-corrected chi connectivity index (χ3v) is 5.24. The molecule has 6 heteroatoms. The van der Waals surface area contributed by atoms with E-state index < -0.39 is 6.10 Å². The summed E-state index contributed by atoms with van der Waals surface area (Å²) in [7, 11) is 0. The van der Waals surface area contributed by atoms with E-state index in [0.29, 0.717) is 25.5 Å². The molecule has 0 bridgehead atoms. The second-order valence-electron chi connectivity index (χ2n) is 5.30. The summed E-state index contributed by atoms with van der Waals surface area (Å²) in [6, 6.07) is 0. The van der Waals surface area contributed by atoms with Crippen LogP contribution in [0.5, 0.6) is 0 Å². The normalized spacial score (nSPS) is 28.9. The number of aliphatic hydroxyl groups is 1. The van der Waals surface area contributed by atoms with Gasteiger partial charge in [-0.05, 0) is 19.3 Å². The van der Waals surface area contributed by atoms with Gasteiger partial charge >= 0.3 is 0 Å². The third kappa shape index (κ3) is 3.30. The summed E-state index contributed by atoms with van der Waals surface area (Å²) < 4.78 is 10.6. The van der Waals surface area contributed by atoms with Gasteiger partial charge in [-0.1, -0.05) is 18.0 Å². The van der Waals surface area contributed by atoms with Crippen LogP contribution in [0.2, 0.25) is 0 Å². The van der Waals surface area contributed by atoms with E-state index in [1.165, 1.54) is 25.7 Å². The Labute approximate surface area is 117 Å². The van der Waals surface area contributed by atoms with Gasteiger partial charge in [0.2, 0.25) is 5.89 Å². The van der Waals surface area contributed by atoms with E-state index in [-0.39, 0.29) is 5.92 Å². The number of aliphatic hydroxyl groups excluding tert-OH is 1. The van der Waals surface area contributed by atoms with Crippen LogP contribution in [-0.2, 0) is 10.5 Å². The molecule has 1 aliphatic heterocycles. The predicted molar refractivity (Wildman–Crippen MR) is 72.0 cm³/mol. The number of hydrogen-bond acceptors (Lipinski definition) is 6. The lowest BCUT2D eigenvalue weighted by Crippen LogP contribution is -2.30. The summed E-state index contributed by atoms with van der Waals surface area (Å²) in [5.41, 5.74) is 0. The van der Waals surface area contributed by atoms with E-state index in [0.717, 1.165) is 16.8 Å². The molecule has 1 aromatic heterocycles. The summed E-state index contributed by atoms with van der Waals surface area (Å²) in [6.07, 6.45) is 5.53. The standard InChI is InChI=1S/C13H20N2O3S/c16-11-5-6-17-7-10(11)13-14-12(15-18-13)8-19-9-3-1-2-4-9/h9-11,16H,1-8H2. The lowest BCUT2D eigenvalue weighted by atomic mass is 9.99. The summed E-state index contributed by atoms with van der Waals surface area (Å²) >= 11 is 1.92. The maximum atomic E-state index is 9.92. The van der Waals surface area contributed by atoms with Crippen molar-refractivity contribution in [3.8, 4) is 0 Å². The maximum Gasteiger partial charge on any atom is 0.234 e. The van der Waals surface area contributed by atoms with E-state index in [1.54, 1.807) is 0 Å². The molecule has 3 rings (SSSR count). The van der Waals surface area contributed by atoms with Crippen molar-refractivity contribution in [2.24, 2.45) is 0 Å². The molecule has 2 unspecified atom stereocenters. The molecule has 2 atom stereocenters. The molecule has 0 aromatic carbocycles. The van der Waals surface area contributed by atoms with Gasteiger partial charge in [0.25, 0.3) is 0 Å². The molecule has 1 N–H and O–H groups in total. The number of thioether (sulfide) groups is 1.